The molecule has 0 saturated carbocycles. The molecule has 0 spiro atoms. The lowest BCUT2D eigenvalue weighted by Gasteiger charge is -2.26. The highest BCUT2D eigenvalue weighted by Gasteiger charge is 2.09. The summed E-state index contributed by atoms with van der Waals surface area (Å²) in [6.07, 6.45) is 3.95. The normalized spacial score (nSPS) is 16.0. The summed E-state index contributed by atoms with van der Waals surface area (Å²) in [6, 6.07) is 9.43. The van der Waals surface area contributed by atoms with Crippen LogP contribution in [0.1, 0.15) is 19.3 Å². The van der Waals surface area contributed by atoms with E-state index < -0.39 is 0 Å². The average molecular weight is 317 g/mol. The van der Waals surface area contributed by atoms with Crippen molar-refractivity contribution in [1.82, 2.24) is 15.5 Å². The Kier molecular flexibility index (Phi) is 7.39. The number of nitrogens with one attached hydrogen (secondary N) is 3. The molecule has 0 bridgehead atoms. The van der Waals surface area contributed by atoms with Crippen molar-refractivity contribution in [2.45, 2.75) is 19.3 Å². The Labute approximate surface area is 138 Å². The van der Waals surface area contributed by atoms with Crippen molar-refractivity contribution in [2.24, 2.45) is 4.99 Å². The summed E-state index contributed by atoms with van der Waals surface area (Å²) in [5, 5.41) is 9.13. The molecule has 0 aromatic heterocycles. The van der Waals surface area contributed by atoms with E-state index in [1.165, 1.54) is 32.4 Å². The van der Waals surface area contributed by atoms with Gasteiger partial charge in [-0.25, -0.2) is 0 Å². The minimum Gasteiger partial charge on any atom is -0.355 e. The third kappa shape index (κ3) is 6.69. The fourth-order valence-corrected chi connectivity index (χ4v) is 2.63. The molecule has 6 heteroatoms. The molecule has 1 fully saturated rings. The number of anilines is 1. The fourth-order valence-electron chi connectivity index (χ4n) is 2.63. The molecular weight excluding hydrogens is 290 g/mol. The van der Waals surface area contributed by atoms with Gasteiger partial charge in [-0.2, -0.15) is 0 Å². The van der Waals surface area contributed by atoms with Gasteiger partial charge in [-0.05, 0) is 38.1 Å². The van der Waals surface area contributed by atoms with Crippen LogP contribution in [0.3, 0.4) is 0 Å². The van der Waals surface area contributed by atoms with Gasteiger partial charge in [0.2, 0.25) is 5.91 Å². The predicted octanol–water partition coefficient (Wildman–Crippen LogP) is 1.28. The number of carbonyl (C=O) groups is 1. The molecule has 0 radical (unpaired) electrons. The smallest absolute Gasteiger partial charge is 0.243 e. The maximum absolute atomic E-state index is 11.9. The molecule has 3 N–H and O–H groups in total. The zero-order valence-corrected chi connectivity index (χ0v) is 13.8. The van der Waals surface area contributed by atoms with Crippen LogP contribution in [0.15, 0.2) is 35.3 Å². The van der Waals surface area contributed by atoms with Crippen molar-refractivity contribution in [3.05, 3.63) is 30.3 Å². The molecule has 126 valence electrons. The number of benzene rings is 1. The van der Waals surface area contributed by atoms with E-state index >= 15 is 0 Å². The van der Waals surface area contributed by atoms with Crippen molar-refractivity contribution in [2.75, 3.05) is 45.1 Å². The van der Waals surface area contributed by atoms with Crippen molar-refractivity contribution < 1.29 is 4.79 Å². The Morgan fingerprint density at radius 1 is 1.13 bits per heavy atom. The number of para-hydroxylation sites is 1. The van der Waals surface area contributed by atoms with Gasteiger partial charge in [0.05, 0.1) is 6.54 Å². The van der Waals surface area contributed by atoms with E-state index in [4.69, 9.17) is 0 Å². The van der Waals surface area contributed by atoms with Gasteiger partial charge in [0, 0.05) is 25.8 Å². The van der Waals surface area contributed by atoms with E-state index in [-0.39, 0.29) is 12.5 Å². The quantitative estimate of drug-likeness (QED) is 0.546. The number of aliphatic imine (C=N–C) groups is 1. The van der Waals surface area contributed by atoms with Crippen LogP contribution in [0.25, 0.3) is 0 Å². The minimum absolute atomic E-state index is 0.0878. The van der Waals surface area contributed by atoms with Crippen LogP contribution in [0, 0.1) is 0 Å². The standard InChI is InChI=1S/C17H27N5O/c1-18-17(19-10-13-22-11-6-3-7-12-22)20-14-16(23)21-15-8-4-2-5-9-15/h2,4-5,8-9H,3,6-7,10-14H2,1H3,(H,21,23)(H2,18,19,20). The van der Waals surface area contributed by atoms with Crippen LogP contribution in [0.4, 0.5) is 5.69 Å². The SMILES string of the molecule is CN=C(NCCN1CCCCC1)NCC(=O)Nc1ccccc1. The topological polar surface area (TPSA) is 68.8 Å². The van der Waals surface area contributed by atoms with Gasteiger partial charge in [0.1, 0.15) is 0 Å². The monoisotopic (exact) mass is 317 g/mol. The van der Waals surface area contributed by atoms with Crippen molar-refractivity contribution >= 4 is 17.6 Å². The highest BCUT2D eigenvalue weighted by Crippen LogP contribution is 2.07. The number of hydrogen-bond donors (Lipinski definition) is 3. The maximum atomic E-state index is 11.9. The van der Waals surface area contributed by atoms with Gasteiger partial charge >= 0.3 is 0 Å². The average Bonchev–Trinajstić information content (AvgIpc) is 2.59. The van der Waals surface area contributed by atoms with E-state index in [1.54, 1.807) is 7.05 Å². The summed E-state index contributed by atoms with van der Waals surface area (Å²) in [5.41, 5.74) is 0.798. The van der Waals surface area contributed by atoms with E-state index in [0.717, 1.165) is 18.8 Å². The summed E-state index contributed by atoms with van der Waals surface area (Å²) in [7, 11) is 1.71. The summed E-state index contributed by atoms with van der Waals surface area (Å²) in [4.78, 5) is 18.5. The second-order valence-electron chi connectivity index (χ2n) is 5.67. The lowest BCUT2D eigenvalue weighted by molar-refractivity contribution is -0.115. The van der Waals surface area contributed by atoms with Crippen LogP contribution in [0.2, 0.25) is 0 Å². The number of hydrogen-bond acceptors (Lipinski definition) is 3. The first-order chi connectivity index (χ1) is 11.3. The molecular formula is C17H27N5O. The van der Waals surface area contributed by atoms with E-state index in [9.17, 15) is 4.79 Å². The number of carbonyl (C=O) groups excluding carboxylic acids is 1. The lowest BCUT2D eigenvalue weighted by Crippen LogP contribution is -2.44. The Balaban J connectivity index is 1.63. The third-order valence-corrected chi connectivity index (χ3v) is 3.87. The second kappa shape index (κ2) is 9.84. The number of rotatable bonds is 6. The molecule has 6 nitrogen and oxygen atoms in total. The summed E-state index contributed by atoms with van der Waals surface area (Å²) in [6.45, 7) is 4.41. The Morgan fingerprint density at radius 2 is 1.87 bits per heavy atom. The molecule has 2 rings (SSSR count). The first-order valence-electron chi connectivity index (χ1n) is 8.29. The van der Waals surface area contributed by atoms with Gasteiger partial charge in [-0.3, -0.25) is 9.79 Å². The first kappa shape index (κ1) is 17.3. The molecule has 23 heavy (non-hydrogen) atoms. The van der Waals surface area contributed by atoms with Crippen molar-refractivity contribution in [3.63, 3.8) is 0 Å². The number of amides is 1. The zero-order valence-electron chi connectivity index (χ0n) is 13.8. The van der Waals surface area contributed by atoms with Gasteiger partial charge < -0.3 is 20.9 Å². The number of nitrogens with zero attached hydrogens (tertiary/aromatic N) is 2. The summed E-state index contributed by atoms with van der Waals surface area (Å²) >= 11 is 0. The molecule has 1 aromatic carbocycles. The van der Waals surface area contributed by atoms with Crippen LogP contribution < -0.4 is 16.0 Å². The van der Waals surface area contributed by atoms with Crippen LogP contribution in [-0.4, -0.2) is 56.5 Å². The van der Waals surface area contributed by atoms with Gasteiger partial charge in [-0.1, -0.05) is 24.6 Å². The summed E-state index contributed by atoms with van der Waals surface area (Å²) in [5.74, 6) is 0.570. The molecule has 1 aliphatic heterocycles. The largest absolute Gasteiger partial charge is 0.355 e. The molecule has 1 amide bonds. The summed E-state index contributed by atoms with van der Waals surface area (Å²) < 4.78 is 0. The Hall–Kier alpha value is -2.08. The van der Waals surface area contributed by atoms with Crippen LogP contribution in [0.5, 0.6) is 0 Å². The third-order valence-electron chi connectivity index (χ3n) is 3.87. The Morgan fingerprint density at radius 3 is 2.57 bits per heavy atom. The highest BCUT2D eigenvalue weighted by molar-refractivity contribution is 5.94. The number of guanidine groups is 1. The van der Waals surface area contributed by atoms with Gasteiger partial charge in [0.25, 0.3) is 0 Å². The molecule has 1 aromatic rings. The number of likely N-dealkylation sites (tertiary alicyclic amines) is 1. The van der Waals surface area contributed by atoms with Crippen LogP contribution >= 0.6 is 0 Å². The first-order valence-corrected chi connectivity index (χ1v) is 8.29. The fraction of sp³-hybridized carbons (Fsp3) is 0.529. The molecule has 0 aliphatic carbocycles. The Bertz CT molecular complexity index is 497. The number of piperidine rings is 1. The van der Waals surface area contributed by atoms with Crippen LogP contribution in [-0.2, 0) is 4.79 Å². The predicted molar refractivity (Wildman–Crippen MR) is 94.7 cm³/mol. The maximum Gasteiger partial charge on any atom is 0.243 e. The minimum atomic E-state index is -0.0878. The molecule has 1 heterocycles. The van der Waals surface area contributed by atoms with E-state index in [0.29, 0.717) is 5.96 Å². The van der Waals surface area contributed by atoms with Gasteiger partial charge in [0.15, 0.2) is 5.96 Å². The molecule has 0 unspecified atom stereocenters. The molecule has 0 atom stereocenters. The second-order valence-corrected chi connectivity index (χ2v) is 5.67. The lowest BCUT2D eigenvalue weighted by atomic mass is 10.1. The highest BCUT2D eigenvalue weighted by atomic mass is 16.1. The van der Waals surface area contributed by atoms with E-state index in [1.807, 2.05) is 30.3 Å². The van der Waals surface area contributed by atoms with Crippen molar-refractivity contribution in [1.29, 1.82) is 0 Å². The molecule has 1 aliphatic rings. The van der Waals surface area contributed by atoms with E-state index in [2.05, 4.69) is 25.8 Å². The van der Waals surface area contributed by atoms with Crippen molar-refractivity contribution in [3.8, 4) is 0 Å². The van der Waals surface area contributed by atoms with Gasteiger partial charge in [-0.15, -0.1) is 0 Å². The molecule has 1 saturated heterocycles. The zero-order chi connectivity index (χ0) is 16.3.